The van der Waals surface area contributed by atoms with Gasteiger partial charge in [0, 0.05) is 5.56 Å². The second kappa shape index (κ2) is 3.63. The highest BCUT2D eigenvalue weighted by molar-refractivity contribution is 5.69. The van der Waals surface area contributed by atoms with E-state index < -0.39 is 0 Å². The molecule has 2 N–H and O–H groups in total. The molecule has 0 saturated heterocycles. The van der Waals surface area contributed by atoms with Gasteiger partial charge >= 0.3 is 0 Å². The first-order chi connectivity index (χ1) is 7.86. The Morgan fingerprint density at radius 3 is 2.56 bits per heavy atom. The number of aromatic nitrogens is 3. The van der Waals surface area contributed by atoms with Crippen LogP contribution < -0.4 is 5.73 Å². The van der Waals surface area contributed by atoms with Crippen LogP contribution in [0.25, 0.3) is 11.3 Å². The number of rotatable bonds is 2. The van der Waals surface area contributed by atoms with E-state index in [1.807, 2.05) is 35.0 Å². The maximum Gasteiger partial charge on any atom is 0.150 e. The van der Waals surface area contributed by atoms with Crippen LogP contribution in [0.2, 0.25) is 0 Å². The first kappa shape index (κ1) is 9.39. The monoisotopic (exact) mass is 214 g/mol. The molecule has 0 radical (unpaired) electrons. The maximum atomic E-state index is 6.08. The molecule has 82 valence electrons. The van der Waals surface area contributed by atoms with E-state index in [0.29, 0.717) is 11.9 Å². The van der Waals surface area contributed by atoms with E-state index >= 15 is 0 Å². The van der Waals surface area contributed by atoms with Crippen LogP contribution >= 0.6 is 0 Å². The summed E-state index contributed by atoms with van der Waals surface area (Å²) in [5, 5.41) is 8.33. The molecule has 1 aromatic carbocycles. The highest BCUT2D eigenvalue weighted by Crippen LogP contribution is 2.34. The molecule has 3 rings (SSSR count). The van der Waals surface area contributed by atoms with Gasteiger partial charge < -0.3 is 5.73 Å². The van der Waals surface area contributed by atoms with E-state index in [1.165, 1.54) is 19.3 Å². The smallest absolute Gasteiger partial charge is 0.150 e. The second-order valence-corrected chi connectivity index (χ2v) is 4.22. The van der Waals surface area contributed by atoms with Gasteiger partial charge in [-0.25, -0.2) is 4.68 Å². The summed E-state index contributed by atoms with van der Waals surface area (Å²) in [7, 11) is 0. The van der Waals surface area contributed by atoms with Crippen molar-refractivity contribution in [3.8, 4) is 11.3 Å². The summed E-state index contributed by atoms with van der Waals surface area (Å²) in [6.45, 7) is 0. The first-order valence-electron chi connectivity index (χ1n) is 5.62. The number of hydrogen-bond donors (Lipinski definition) is 1. The quantitative estimate of drug-likeness (QED) is 0.834. The average molecular weight is 214 g/mol. The van der Waals surface area contributed by atoms with Crippen LogP contribution in [-0.4, -0.2) is 15.0 Å². The fraction of sp³-hybridized carbons (Fsp3) is 0.333. The molecule has 0 aliphatic heterocycles. The molecular weight excluding hydrogens is 200 g/mol. The third-order valence-electron chi connectivity index (χ3n) is 3.20. The molecule has 4 heteroatoms. The zero-order valence-electron chi connectivity index (χ0n) is 9.00. The molecule has 1 saturated carbocycles. The summed E-state index contributed by atoms with van der Waals surface area (Å²) in [4.78, 5) is 0. The Morgan fingerprint density at radius 2 is 1.94 bits per heavy atom. The van der Waals surface area contributed by atoms with Gasteiger partial charge in [-0.15, -0.1) is 5.10 Å². The van der Waals surface area contributed by atoms with Crippen molar-refractivity contribution in [1.29, 1.82) is 0 Å². The maximum absolute atomic E-state index is 6.08. The Labute approximate surface area is 94.1 Å². The summed E-state index contributed by atoms with van der Waals surface area (Å²) < 4.78 is 1.87. The summed E-state index contributed by atoms with van der Waals surface area (Å²) in [6.07, 6.45) is 3.61. The molecule has 0 atom stereocenters. The van der Waals surface area contributed by atoms with Gasteiger partial charge in [0.25, 0.3) is 0 Å². The minimum absolute atomic E-state index is 0.463. The minimum Gasteiger partial charge on any atom is -0.382 e. The summed E-state index contributed by atoms with van der Waals surface area (Å²) in [5.74, 6) is 0.691. The average Bonchev–Trinajstić information content (AvgIpc) is 2.60. The molecule has 1 aliphatic carbocycles. The van der Waals surface area contributed by atoms with Crippen molar-refractivity contribution in [3.63, 3.8) is 0 Å². The van der Waals surface area contributed by atoms with E-state index in [0.717, 1.165) is 11.3 Å². The zero-order valence-corrected chi connectivity index (χ0v) is 9.00. The highest BCUT2D eigenvalue weighted by atomic mass is 15.5. The fourth-order valence-corrected chi connectivity index (χ4v) is 2.00. The van der Waals surface area contributed by atoms with Crippen molar-refractivity contribution in [1.82, 2.24) is 15.0 Å². The lowest BCUT2D eigenvalue weighted by Gasteiger charge is -2.25. The van der Waals surface area contributed by atoms with Crippen molar-refractivity contribution in [2.45, 2.75) is 25.3 Å². The van der Waals surface area contributed by atoms with Gasteiger partial charge in [-0.05, 0) is 19.3 Å². The van der Waals surface area contributed by atoms with Gasteiger partial charge in [-0.1, -0.05) is 35.5 Å². The Bertz CT molecular complexity index is 485. The van der Waals surface area contributed by atoms with Crippen LogP contribution in [0.3, 0.4) is 0 Å². The number of nitrogens with two attached hydrogens (primary N) is 1. The molecule has 1 fully saturated rings. The number of nitrogens with zero attached hydrogens (tertiary/aromatic N) is 3. The van der Waals surface area contributed by atoms with Gasteiger partial charge in [0.05, 0.1) is 6.04 Å². The van der Waals surface area contributed by atoms with Gasteiger partial charge in [-0.2, -0.15) is 0 Å². The Balaban J connectivity index is 2.00. The van der Waals surface area contributed by atoms with Crippen LogP contribution in [0.15, 0.2) is 30.3 Å². The highest BCUT2D eigenvalue weighted by Gasteiger charge is 2.24. The van der Waals surface area contributed by atoms with Crippen molar-refractivity contribution in [2.24, 2.45) is 0 Å². The minimum atomic E-state index is 0.463. The van der Waals surface area contributed by atoms with Crippen LogP contribution in [0.1, 0.15) is 25.3 Å². The molecular formula is C12H14N4. The largest absolute Gasteiger partial charge is 0.382 e. The van der Waals surface area contributed by atoms with Crippen LogP contribution in [0.5, 0.6) is 0 Å². The molecule has 0 spiro atoms. The predicted octanol–water partition coefficient (Wildman–Crippen LogP) is 2.25. The van der Waals surface area contributed by atoms with Crippen LogP contribution in [0.4, 0.5) is 5.82 Å². The normalized spacial score (nSPS) is 16.0. The standard InChI is InChI=1S/C12H14N4/c13-12-11(9-5-2-1-3-6-9)14-15-16(12)10-7-4-8-10/h1-3,5-6,10H,4,7-8,13H2. The SMILES string of the molecule is Nc1c(-c2ccccc2)nnn1C1CCC1. The third-order valence-corrected chi connectivity index (χ3v) is 3.20. The lowest BCUT2D eigenvalue weighted by molar-refractivity contribution is 0.288. The fourth-order valence-electron chi connectivity index (χ4n) is 2.00. The molecule has 0 amide bonds. The summed E-state index contributed by atoms with van der Waals surface area (Å²) in [5.41, 5.74) is 7.92. The summed E-state index contributed by atoms with van der Waals surface area (Å²) >= 11 is 0. The third kappa shape index (κ3) is 1.38. The predicted molar refractivity (Wildman–Crippen MR) is 62.8 cm³/mol. The second-order valence-electron chi connectivity index (χ2n) is 4.22. The van der Waals surface area contributed by atoms with E-state index in [-0.39, 0.29) is 0 Å². The molecule has 1 aliphatic rings. The van der Waals surface area contributed by atoms with Gasteiger partial charge in [0.2, 0.25) is 0 Å². The van der Waals surface area contributed by atoms with Crippen molar-refractivity contribution < 1.29 is 0 Å². The van der Waals surface area contributed by atoms with Crippen LogP contribution in [0, 0.1) is 0 Å². The zero-order chi connectivity index (χ0) is 11.0. The van der Waals surface area contributed by atoms with Gasteiger partial charge in [0.1, 0.15) is 5.69 Å². The van der Waals surface area contributed by atoms with Crippen molar-refractivity contribution in [2.75, 3.05) is 5.73 Å². The molecule has 4 nitrogen and oxygen atoms in total. The Morgan fingerprint density at radius 1 is 1.19 bits per heavy atom. The number of anilines is 1. The molecule has 0 unspecified atom stereocenters. The van der Waals surface area contributed by atoms with E-state index in [2.05, 4.69) is 10.3 Å². The van der Waals surface area contributed by atoms with Crippen molar-refractivity contribution >= 4 is 5.82 Å². The summed E-state index contributed by atoms with van der Waals surface area (Å²) in [6, 6.07) is 10.4. The molecule has 1 aromatic heterocycles. The number of benzene rings is 1. The van der Waals surface area contributed by atoms with Gasteiger partial charge in [0.15, 0.2) is 5.82 Å². The Kier molecular flexibility index (Phi) is 2.13. The lowest BCUT2D eigenvalue weighted by atomic mass is 9.93. The van der Waals surface area contributed by atoms with Crippen molar-refractivity contribution in [3.05, 3.63) is 30.3 Å². The molecule has 2 aromatic rings. The van der Waals surface area contributed by atoms with E-state index in [4.69, 9.17) is 5.73 Å². The van der Waals surface area contributed by atoms with E-state index in [1.54, 1.807) is 0 Å². The van der Waals surface area contributed by atoms with Gasteiger partial charge in [-0.3, -0.25) is 0 Å². The lowest BCUT2D eigenvalue weighted by Crippen LogP contribution is -2.19. The van der Waals surface area contributed by atoms with E-state index in [9.17, 15) is 0 Å². The van der Waals surface area contributed by atoms with Crippen LogP contribution in [-0.2, 0) is 0 Å². The molecule has 0 bridgehead atoms. The molecule has 16 heavy (non-hydrogen) atoms. The Hall–Kier alpha value is -1.84. The number of nitrogen functional groups attached to an aromatic ring is 1. The topological polar surface area (TPSA) is 56.7 Å². The first-order valence-corrected chi connectivity index (χ1v) is 5.62. The molecule has 1 heterocycles. The number of hydrogen-bond acceptors (Lipinski definition) is 3.